The third-order valence-corrected chi connectivity index (χ3v) is 4.21. The number of para-hydroxylation sites is 1. The fourth-order valence-electron chi connectivity index (χ4n) is 2.96. The van der Waals surface area contributed by atoms with Crippen molar-refractivity contribution in [2.75, 3.05) is 10.6 Å². The number of carbonyl (C=O) groups excluding carboxylic acids is 1. The summed E-state index contributed by atoms with van der Waals surface area (Å²) in [5.74, 6) is 0.342. The number of anilines is 3. The normalized spacial score (nSPS) is 10.7. The van der Waals surface area contributed by atoms with E-state index in [9.17, 15) is 4.79 Å². The molecule has 134 valence electrons. The first kappa shape index (κ1) is 16.8. The van der Waals surface area contributed by atoms with Crippen LogP contribution < -0.4 is 10.6 Å². The van der Waals surface area contributed by atoms with Gasteiger partial charge in [-0.25, -0.2) is 9.50 Å². The Labute approximate surface area is 156 Å². The summed E-state index contributed by atoms with van der Waals surface area (Å²) in [6.45, 7) is 3.89. The minimum atomic E-state index is -0.206. The maximum absolute atomic E-state index is 12.7. The maximum Gasteiger partial charge on any atom is 0.255 e. The van der Waals surface area contributed by atoms with Gasteiger partial charge in [-0.15, -0.1) is 5.10 Å². The summed E-state index contributed by atoms with van der Waals surface area (Å²) in [7, 11) is 0. The lowest BCUT2D eigenvalue weighted by molar-refractivity contribution is 0.102. The van der Waals surface area contributed by atoms with E-state index in [-0.39, 0.29) is 5.91 Å². The van der Waals surface area contributed by atoms with Crippen molar-refractivity contribution in [2.24, 2.45) is 0 Å². The summed E-state index contributed by atoms with van der Waals surface area (Å²) >= 11 is 0. The van der Waals surface area contributed by atoms with Crippen LogP contribution in [0.15, 0.2) is 66.7 Å². The Morgan fingerprint density at radius 1 is 0.963 bits per heavy atom. The first-order valence-corrected chi connectivity index (χ1v) is 8.67. The molecule has 0 aliphatic heterocycles. The van der Waals surface area contributed by atoms with E-state index < -0.39 is 0 Å². The highest BCUT2D eigenvalue weighted by atomic mass is 16.1. The van der Waals surface area contributed by atoms with Gasteiger partial charge in [-0.2, -0.15) is 0 Å². The Morgan fingerprint density at radius 3 is 2.33 bits per heavy atom. The molecule has 2 heterocycles. The van der Waals surface area contributed by atoms with Gasteiger partial charge in [0.05, 0.1) is 0 Å². The molecule has 1 amide bonds. The van der Waals surface area contributed by atoms with Crippen molar-refractivity contribution < 1.29 is 4.79 Å². The van der Waals surface area contributed by atoms with Gasteiger partial charge in [0, 0.05) is 22.6 Å². The molecule has 0 bridgehead atoms. The highest BCUT2D eigenvalue weighted by Gasteiger charge is 2.19. The van der Waals surface area contributed by atoms with Crippen LogP contribution in [0.4, 0.5) is 17.2 Å². The number of amides is 1. The first-order chi connectivity index (χ1) is 13.1. The molecule has 0 aliphatic carbocycles. The standard InChI is InChI=1S/C21H19N5O/c1-14-13-15(2)26-20(22-14)18(24-21(27)16-9-5-3-6-10-16)19(25-26)23-17-11-7-4-8-12-17/h3-13H,1-2H3,(H,23,25)(H,24,27). The van der Waals surface area contributed by atoms with Gasteiger partial charge in [0.1, 0.15) is 5.69 Å². The second-order valence-corrected chi connectivity index (χ2v) is 6.31. The van der Waals surface area contributed by atoms with E-state index in [4.69, 9.17) is 0 Å². The summed E-state index contributed by atoms with van der Waals surface area (Å²) in [4.78, 5) is 17.3. The Morgan fingerprint density at radius 2 is 1.63 bits per heavy atom. The van der Waals surface area contributed by atoms with Crippen LogP contribution in [0.1, 0.15) is 21.7 Å². The highest BCUT2D eigenvalue weighted by Crippen LogP contribution is 2.29. The van der Waals surface area contributed by atoms with Gasteiger partial charge in [-0.1, -0.05) is 36.4 Å². The predicted molar refractivity (Wildman–Crippen MR) is 107 cm³/mol. The lowest BCUT2D eigenvalue weighted by Gasteiger charge is -2.08. The highest BCUT2D eigenvalue weighted by molar-refractivity contribution is 6.08. The summed E-state index contributed by atoms with van der Waals surface area (Å²) in [6.07, 6.45) is 0. The van der Waals surface area contributed by atoms with Gasteiger partial charge >= 0.3 is 0 Å². The lowest BCUT2D eigenvalue weighted by Crippen LogP contribution is -2.13. The number of carbonyl (C=O) groups is 1. The smallest absolute Gasteiger partial charge is 0.255 e. The summed E-state index contributed by atoms with van der Waals surface area (Å²) in [6, 6.07) is 20.8. The van der Waals surface area contributed by atoms with Crippen LogP contribution in [0.2, 0.25) is 0 Å². The van der Waals surface area contributed by atoms with Crippen molar-refractivity contribution in [2.45, 2.75) is 13.8 Å². The summed E-state index contributed by atoms with van der Waals surface area (Å²) < 4.78 is 1.74. The fraction of sp³-hybridized carbons (Fsp3) is 0.0952. The molecule has 0 saturated carbocycles. The minimum Gasteiger partial charge on any atom is -0.337 e. The average molecular weight is 357 g/mol. The number of rotatable bonds is 4. The van der Waals surface area contributed by atoms with E-state index >= 15 is 0 Å². The predicted octanol–water partition coefficient (Wildman–Crippen LogP) is 4.34. The maximum atomic E-state index is 12.7. The van der Waals surface area contributed by atoms with Gasteiger partial charge in [0.15, 0.2) is 11.5 Å². The molecule has 4 aromatic rings. The zero-order chi connectivity index (χ0) is 18.8. The Bertz CT molecular complexity index is 1100. The molecule has 0 unspecified atom stereocenters. The summed E-state index contributed by atoms with van der Waals surface area (Å²) in [5, 5.41) is 10.9. The SMILES string of the molecule is Cc1cc(C)n2nc(Nc3ccccc3)c(NC(=O)c3ccccc3)c2n1. The number of aromatic nitrogens is 3. The van der Waals surface area contributed by atoms with Gasteiger partial charge in [-0.3, -0.25) is 4.79 Å². The van der Waals surface area contributed by atoms with Crippen molar-refractivity contribution in [1.29, 1.82) is 0 Å². The number of hydrogen-bond acceptors (Lipinski definition) is 4. The topological polar surface area (TPSA) is 71.3 Å². The van der Waals surface area contributed by atoms with Crippen LogP contribution in [0.25, 0.3) is 5.65 Å². The van der Waals surface area contributed by atoms with Crippen molar-refractivity contribution >= 4 is 28.7 Å². The van der Waals surface area contributed by atoms with Crippen LogP contribution >= 0.6 is 0 Å². The van der Waals surface area contributed by atoms with E-state index in [1.807, 2.05) is 68.4 Å². The lowest BCUT2D eigenvalue weighted by atomic mass is 10.2. The summed E-state index contributed by atoms with van der Waals surface area (Å²) in [5.41, 5.74) is 4.42. The molecule has 2 N–H and O–H groups in total. The van der Waals surface area contributed by atoms with Crippen molar-refractivity contribution in [3.05, 3.63) is 83.7 Å². The van der Waals surface area contributed by atoms with Gasteiger partial charge in [-0.05, 0) is 44.2 Å². The zero-order valence-corrected chi connectivity index (χ0v) is 15.1. The van der Waals surface area contributed by atoms with E-state index in [1.54, 1.807) is 16.6 Å². The Balaban J connectivity index is 1.80. The Hall–Kier alpha value is -3.67. The van der Waals surface area contributed by atoms with Crippen LogP contribution in [0, 0.1) is 13.8 Å². The molecule has 0 saturated heterocycles. The molecule has 0 aliphatic rings. The average Bonchev–Trinajstić information content (AvgIpc) is 3.01. The van der Waals surface area contributed by atoms with Gasteiger partial charge in [0.25, 0.3) is 5.91 Å². The van der Waals surface area contributed by atoms with Crippen LogP contribution in [-0.2, 0) is 0 Å². The molecule has 0 atom stereocenters. The molecule has 0 fully saturated rings. The molecule has 4 rings (SSSR count). The van der Waals surface area contributed by atoms with Crippen LogP contribution in [0.3, 0.4) is 0 Å². The molecule has 0 spiro atoms. The quantitative estimate of drug-likeness (QED) is 0.570. The number of aryl methyl sites for hydroxylation is 2. The Kier molecular flexibility index (Phi) is 4.30. The molecule has 2 aromatic heterocycles. The number of hydrogen-bond donors (Lipinski definition) is 2. The van der Waals surface area contributed by atoms with Gasteiger partial charge in [0.2, 0.25) is 0 Å². The molecule has 0 radical (unpaired) electrons. The molecular weight excluding hydrogens is 338 g/mol. The fourth-order valence-corrected chi connectivity index (χ4v) is 2.96. The van der Waals surface area contributed by atoms with Crippen LogP contribution in [-0.4, -0.2) is 20.5 Å². The van der Waals surface area contributed by atoms with E-state index in [0.717, 1.165) is 17.1 Å². The third kappa shape index (κ3) is 3.37. The van der Waals surface area contributed by atoms with E-state index in [1.165, 1.54) is 0 Å². The van der Waals surface area contributed by atoms with Crippen molar-refractivity contribution in [3.8, 4) is 0 Å². The molecule has 6 heteroatoms. The van der Waals surface area contributed by atoms with E-state index in [2.05, 4.69) is 20.7 Å². The molecule has 6 nitrogen and oxygen atoms in total. The third-order valence-electron chi connectivity index (χ3n) is 4.21. The second-order valence-electron chi connectivity index (χ2n) is 6.31. The largest absolute Gasteiger partial charge is 0.337 e. The molecule has 2 aromatic carbocycles. The number of benzene rings is 2. The number of nitrogens with zero attached hydrogens (tertiary/aromatic N) is 3. The van der Waals surface area contributed by atoms with Crippen LogP contribution in [0.5, 0.6) is 0 Å². The van der Waals surface area contributed by atoms with E-state index in [0.29, 0.717) is 22.7 Å². The first-order valence-electron chi connectivity index (χ1n) is 8.67. The molecular formula is C21H19N5O. The van der Waals surface area contributed by atoms with Crippen molar-refractivity contribution in [3.63, 3.8) is 0 Å². The zero-order valence-electron chi connectivity index (χ0n) is 15.1. The number of fused-ring (bicyclic) bond motifs is 1. The van der Waals surface area contributed by atoms with Crippen molar-refractivity contribution in [1.82, 2.24) is 14.6 Å². The second kappa shape index (κ2) is 6.92. The minimum absolute atomic E-state index is 0.206. The monoisotopic (exact) mass is 357 g/mol. The molecule has 27 heavy (non-hydrogen) atoms. The van der Waals surface area contributed by atoms with Gasteiger partial charge < -0.3 is 10.6 Å². The number of nitrogens with one attached hydrogen (secondary N) is 2.